The van der Waals surface area contributed by atoms with Crippen LogP contribution in [0.5, 0.6) is 0 Å². The van der Waals surface area contributed by atoms with E-state index in [0.29, 0.717) is 38.6 Å². The van der Waals surface area contributed by atoms with E-state index in [2.05, 4.69) is 73.8 Å². The maximum absolute atomic E-state index is 12.6. The van der Waals surface area contributed by atoms with Crippen molar-refractivity contribution in [3.63, 3.8) is 0 Å². The lowest BCUT2D eigenvalue weighted by Gasteiger charge is -2.15. The number of hydrogen-bond acceptors (Lipinski definition) is 5. The summed E-state index contributed by atoms with van der Waals surface area (Å²) in [7, 11) is 0. The molecule has 4 N–H and O–H groups in total. The predicted octanol–water partition coefficient (Wildman–Crippen LogP) is 9.83. The second-order valence-electron chi connectivity index (χ2n) is 12.2. The summed E-state index contributed by atoms with van der Waals surface area (Å²) in [5.41, 5.74) is 5.46. The molecule has 0 fully saturated rings. The quantitative estimate of drug-likeness (QED) is 0.0377. The third kappa shape index (κ3) is 31.4. The molecule has 0 heterocycles. The van der Waals surface area contributed by atoms with Gasteiger partial charge in [-0.25, -0.2) is 4.79 Å². The monoisotopic (exact) mass is 657 g/mol. The van der Waals surface area contributed by atoms with Crippen molar-refractivity contribution < 1.29 is 24.2 Å². The smallest absolute Gasteiger partial charge is 0.326 e. The summed E-state index contributed by atoms with van der Waals surface area (Å²) in [6.07, 6.45) is 41.3. The van der Waals surface area contributed by atoms with Gasteiger partial charge in [0.2, 0.25) is 5.91 Å². The highest BCUT2D eigenvalue weighted by Gasteiger charge is 2.18. The first kappa shape index (κ1) is 44.1. The Kier molecular flexibility index (Phi) is 32.3. The fraction of sp³-hybridized carbons (Fsp3) is 0.675. The predicted molar refractivity (Wildman–Crippen MR) is 197 cm³/mol. The molecule has 0 aliphatic carbocycles. The van der Waals surface area contributed by atoms with Gasteiger partial charge in [-0.1, -0.05) is 113 Å². The van der Waals surface area contributed by atoms with Gasteiger partial charge in [-0.05, 0) is 96.1 Å². The summed E-state index contributed by atoms with van der Waals surface area (Å²) in [5.74, 6) is -1.39. The fourth-order valence-corrected chi connectivity index (χ4v) is 4.99. The molecular formula is C40H68N2O5. The van der Waals surface area contributed by atoms with Crippen LogP contribution in [0.3, 0.4) is 0 Å². The molecule has 2 atom stereocenters. The summed E-state index contributed by atoms with van der Waals surface area (Å²) >= 11 is 0. The normalized spacial score (nSPS) is 13.4. The number of carboxylic acids is 1. The molecule has 0 aromatic carbocycles. The first-order chi connectivity index (χ1) is 22.9. The maximum Gasteiger partial charge on any atom is 0.326 e. The maximum atomic E-state index is 12.6. The first-order valence-electron chi connectivity index (χ1n) is 18.6. The number of hydrogen-bond donors (Lipinski definition) is 3. The van der Waals surface area contributed by atoms with Gasteiger partial charge < -0.3 is 20.9 Å². The Morgan fingerprint density at radius 2 is 1.23 bits per heavy atom. The fourth-order valence-electron chi connectivity index (χ4n) is 4.99. The Balaban J connectivity index is 4.42. The Bertz CT molecular complexity index is 922. The molecule has 0 aromatic rings. The van der Waals surface area contributed by atoms with Crippen LogP contribution >= 0.6 is 0 Å². The Hall–Kier alpha value is -2.93. The summed E-state index contributed by atoms with van der Waals surface area (Å²) < 4.78 is 5.86. The van der Waals surface area contributed by atoms with Crippen molar-refractivity contribution in [3.05, 3.63) is 60.8 Å². The average molecular weight is 657 g/mol. The van der Waals surface area contributed by atoms with Gasteiger partial charge >= 0.3 is 11.9 Å². The number of nitrogens with one attached hydrogen (secondary N) is 1. The zero-order valence-corrected chi connectivity index (χ0v) is 29.8. The second kappa shape index (κ2) is 34.4. The molecule has 0 spiro atoms. The van der Waals surface area contributed by atoms with E-state index in [0.717, 1.165) is 77.0 Å². The van der Waals surface area contributed by atoms with Crippen molar-refractivity contribution >= 4 is 17.8 Å². The van der Waals surface area contributed by atoms with Crippen molar-refractivity contribution in [1.82, 2.24) is 5.32 Å². The molecule has 0 aliphatic heterocycles. The van der Waals surface area contributed by atoms with E-state index in [1.165, 1.54) is 32.1 Å². The molecule has 1 amide bonds. The van der Waals surface area contributed by atoms with E-state index in [-0.39, 0.29) is 18.0 Å². The largest absolute Gasteiger partial charge is 0.480 e. The van der Waals surface area contributed by atoms with E-state index in [4.69, 9.17) is 10.5 Å². The lowest BCUT2D eigenvalue weighted by molar-refractivity contribution is -0.147. The minimum Gasteiger partial charge on any atom is -0.480 e. The van der Waals surface area contributed by atoms with E-state index >= 15 is 0 Å². The molecule has 0 saturated heterocycles. The van der Waals surface area contributed by atoms with Gasteiger partial charge in [-0.15, -0.1) is 0 Å². The number of ether oxygens (including phenoxy) is 1. The van der Waals surface area contributed by atoms with Crippen LogP contribution in [-0.2, 0) is 19.1 Å². The highest BCUT2D eigenvalue weighted by Crippen LogP contribution is 2.14. The summed E-state index contributed by atoms with van der Waals surface area (Å²) in [6, 6.07) is -0.879. The van der Waals surface area contributed by atoms with Gasteiger partial charge in [-0.2, -0.15) is 0 Å². The number of aliphatic carboxylic acids is 1. The van der Waals surface area contributed by atoms with Crippen LogP contribution in [0.15, 0.2) is 60.8 Å². The molecule has 2 unspecified atom stereocenters. The third-order valence-corrected chi connectivity index (χ3v) is 7.80. The van der Waals surface area contributed by atoms with Crippen LogP contribution in [0.4, 0.5) is 0 Å². The Morgan fingerprint density at radius 1 is 0.660 bits per heavy atom. The molecule has 0 saturated carbocycles. The number of carbonyl (C=O) groups is 3. The second-order valence-corrected chi connectivity index (χ2v) is 12.2. The lowest BCUT2D eigenvalue weighted by Crippen LogP contribution is -2.40. The molecular weight excluding hydrogens is 588 g/mol. The number of carboxylic acid groups (broad SMARTS) is 1. The standard InChI is InChI=1S/C40H68N2O5/c1-3-5-7-9-11-13-14-15-16-17-18-20-22-28-34-39(44)47-36(30-25-21-19-12-10-8-6-4-2)31-26-23-24-27-33-38(43)42-37(40(45)46)32-29-35-41/h6,8-9,11-12,14-15,19,25,30,36-37H,3-5,7,10,13,16-18,20-24,26-29,31-35,41H2,1-2H3,(H,42,43)(H,45,46)/b8-6-,11-9-,15-14-,19-12-,30-25-. The lowest BCUT2D eigenvalue weighted by atomic mass is 10.1. The van der Waals surface area contributed by atoms with E-state index in [1.54, 1.807) is 0 Å². The molecule has 0 bridgehead atoms. The molecule has 47 heavy (non-hydrogen) atoms. The van der Waals surface area contributed by atoms with Crippen LogP contribution < -0.4 is 11.1 Å². The minimum atomic E-state index is -1.02. The van der Waals surface area contributed by atoms with E-state index < -0.39 is 12.0 Å². The Morgan fingerprint density at radius 3 is 1.89 bits per heavy atom. The van der Waals surface area contributed by atoms with Crippen LogP contribution in [0, 0.1) is 0 Å². The van der Waals surface area contributed by atoms with Crippen molar-refractivity contribution in [2.24, 2.45) is 5.73 Å². The van der Waals surface area contributed by atoms with Gasteiger partial charge in [0.05, 0.1) is 0 Å². The minimum absolute atomic E-state index is 0.130. The highest BCUT2D eigenvalue weighted by atomic mass is 16.5. The van der Waals surface area contributed by atoms with Gasteiger partial charge in [0.15, 0.2) is 0 Å². The van der Waals surface area contributed by atoms with Crippen LogP contribution in [0.1, 0.15) is 155 Å². The van der Waals surface area contributed by atoms with Crippen molar-refractivity contribution in [2.75, 3.05) is 6.54 Å². The molecule has 0 aromatic heterocycles. The number of unbranched alkanes of at least 4 members (excludes halogenated alkanes) is 10. The van der Waals surface area contributed by atoms with Crippen LogP contribution in [0.25, 0.3) is 0 Å². The number of carbonyl (C=O) groups excluding carboxylic acids is 2. The molecule has 0 rings (SSSR count). The van der Waals surface area contributed by atoms with Gasteiger partial charge in [0, 0.05) is 12.8 Å². The summed E-state index contributed by atoms with van der Waals surface area (Å²) in [4.78, 5) is 36.1. The SMILES string of the molecule is CC/C=C\C/C=C\C/C=C\C(CCCCCCC(=O)NC(CCCN)C(=O)O)OC(=O)CCCCCCC/C=C\C/C=C\CCCC. The van der Waals surface area contributed by atoms with Crippen molar-refractivity contribution in [2.45, 2.75) is 167 Å². The number of allylic oxidation sites excluding steroid dienone is 9. The zero-order chi connectivity index (χ0) is 34.6. The van der Waals surface area contributed by atoms with E-state index in [9.17, 15) is 19.5 Å². The molecule has 7 heteroatoms. The summed E-state index contributed by atoms with van der Waals surface area (Å²) in [5, 5.41) is 11.9. The highest BCUT2D eigenvalue weighted by molar-refractivity contribution is 5.83. The molecule has 268 valence electrons. The number of nitrogens with two attached hydrogens (primary N) is 1. The Labute approximate surface area is 287 Å². The number of esters is 1. The zero-order valence-electron chi connectivity index (χ0n) is 29.8. The van der Waals surface area contributed by atoms with Crippen molar-refractivity contribution in [1.29, 1.82) is 0 Å². The topological polar surface area (TPSA) is 119 Å². The van der Waals surface area contributed by atoms with Crippen LogP contribution in [-0.4, -0.2) is 41.6 Å². The van der Waals surface area contributed by atoms with Gasteiger partial charge in [0.25, 0.3) is 0 Å². The van der Waals surface area contributed by atoms with Gasteiger partial charge in [0.1, 0.15) is 12.1 Å². The number of amides is 1. The van der Waals surface area contributed by atoms with Gasteiger partial charge in [-0.3, -0.25) is 9.59 Å². The van der Waals surface area contributed by atoms with Crippen molar-refractivity contribution in [3.8, 4) is 0 Å². The van der Waals surface area contributed by atoms with E-state index in [1.807, 2.05) is 6.08 Å². The molecule has 0 aliphatic rings. The van der Waals surface area contributed by atoms with Crippen LogP contribution in [0.2, 0.25) is 0 Å². The number of rotatable bonds is 32. The molecule has 0 radical (unpaired) electrons. The summed E-state index contributed by atoms with van der Waals surface area (Å²) in [6.45, 7) is 4.74. The third-order valence-electron chi connectivity index (χ3n) is 7.80. The average Bonchev–Trinajstić information content (AvgIpc) is 3.05. The molecule has 7 nitrogen and oxygen atoms in total. The first-order valence-corrected chi connectivity index (χ1v) is 18.6.